The van der Waals surface area contributed by atoms with E-state index in [4.69, 9.17) is 4.42 Å². The van der Waals surface area contributed by atoms with Crippen LogP contribution in [0.25, 0.3) is 39.3 Å². The van der Waals surface area contributed by atoms with Crippen molar-refractivity contribution in [3.8, 4) is 28.2 Å². The van der Waals surface area contributed by atoms with Gasteiger partial charge in [-0.3, -0.25) is 0 Å². The Labute approximate surface area is 188 Å². The van der Waals surface area contributed by atoms with Gasteiger partial charge in [0, 0.05) is 38.2 Å². The molecule has 0 aliphatic heterocycles. The molecule has 1 radical (unpaired) electrons. The van der Waals surface area contributed by atoms with Gasteiger partial charge in [-0.2, -0.15) is 5.10 Å². The molecule has 0 saturated carbocycles. The summed E-state index contributed by atoms with van der Waals surface area (Å²) in [6.45, 7) is 6.06. The number of aryl methyl sites for hydroxylation is 3. The zero-order chi connectivity index (χ0) is 20.0. The van der Waals surface area contributed by atoms with E-state index in [0.717, 1.165) is 27.9 Å². The second-order valence-electron chi connectivity index (χ2n) is 7.15. The third-order valence-electron chi connectivity index (χ3n) is 5.07. The summed E-state index contributed by atoms with van der Waals surface area (Å²) in [7, 11) is 0. The Bertz CT molecular complexity index is 1320. The Morgan fingerprint density at radius 3 is 2.40 bits per heavy atom. The summed E-state index contributed by atoms with van der Waals surface area (Å²) in [5.41, 5.74) is 7.96. The fourth-order valence-corrected chi connectivity index (χ4v) is 3.87. The number of benzene rings is 3. The quantitative estimate of drug-likeness (QED) is 0.270. The molecule has 0 atom stereocenters. The topological polar surface area (TPSA) is 56.7 Å². The van der Waals surface area contributed by atoms with Gasteiger partial charge in [-0.15, -0.1) is 23.3 Å². The zero-order valence-corrected chi connectivity index (χ0v) is 19.2. The van der Waals surface area contributed by atoms with E-state index in [1.165, 1.54) is 11.1 Å². The molecule has 0 aliphatic rings. The maximum atomic E-state index is 5.83. The summed E-state index contributed by atoms with van der Waals surface area (Å²) >= 11 is 0. The number of hydrogen-bond acceptors (Lipinski definition) is 4. The summed E-state index contributed by atoms with van der Waals surface area (Å²) in [5, 5.41) is 8.56. The van der Waals surface area contributed by atoms with Gasteiger partial charge in [0.1, 0.15) is 6.33 Å². The third-order valence-corrected chi connectivity index (χ3v) is 5.07. The Morgan fingerprint density at radius 2 is 1.67 bits per heavy atom. The van der Waals surface area contributed by atoms with Gasteiger partial charge >= 0.3 is 0 Å². The van der Waals surface area contributed by atoms with Crippen LogP contribution < -0.4 is 0 Å². The van der Waals surface area contributed by atoms with Crippen LogP contribution in [0.4, 0.5) is 0 Å². The predicted octanol–water partition coefficient (Wildman–Crippen LogP) is 5.47. The maximum Gasteiger partial charge on any atom is 0.180 e. The second-order valence-corrected chi connectivity index (χ2v) is 7.15. The maximum absolute atomic E-state index is 5.83. The van der Waals surface area contributed by atoms with Crippen LogP contribution in [0, 0.1) is 26.8 Å². The van der Waals surface area contributed by atoms with Crippen molar-refractivity contribution < 1.29 is 24.5 Å². The average molecular weight is 572 g/mol. The van der Waals surface area contributed by atoms with Crippen molar-refractivity contribution in [2.24, 2.45) is 0 Å². The third kappa shape index (κ3) is 3.38. The van der Waals surface area contributed by atoms with Crippen LogP contribution in [-0.2, 0) is 20.1 Å². The van der Waals surface area contributed by atoms with Crippen LogP contribution in [0.5, 0.6) is 0 Å². The first-order chi connectivity index (χ1) is 14.1. The molecule has 3 aromatic carbocycles. The molecule has 0 aliphatic carbocycles. The van der Waals surface area contributed by atoms with Gasteiger partial charge in [-0.1, -0.05) is 35.9 Å². The fourth-order valence-electron chi connectivity index (χ4n) is 3.87. The van der Waals surface area contributed by atoms with Gasteiger partial charge < -0.3 is 8.98 Å². The summed E-state index contributed by atoms with van der Waals surface area (Å²) < 4.78 is 7.83. The van der Waals surface area contributed by atoms with E-state index in [0.29, 0.717) is 17.3 Å². The molecule has 2 heterocycles. The van der Waals surface area contributed by atoms with Crippen LogP contribution in [-0.4, -0.2) is 19.7 Å². The zero-order valence-electron chi connectivity index (χ0n) is 16.8. The Balaban J connectivity index is 0.00000218. The van der Waals surface area contributed by atoms with E-state index >= 15 is 0 Å². The Kier molecular flexibility index (Phi) is 5.37. The van der Waals surface area contributed by atoms with Crippen molar-refractivity contribution in [1.29, 1.82) is 0 Å². The Hall–Kier alpha value is -3.08. The Morgan fingerprint density at radius 1 is 0.933 bits per heavy atom. The number of aromatic nitrogens is 4. The van der Waals surface area contributed by atoms with Gasteiger partial charge in [-0.05, 0) is 48.2 Å². The van der Waals surface area contributed by atoms with Crippen molar-refractivity contribution >= 4 is 11.1 Å². The summed E-state index contributed by atoms with van der Waals surface area (Å²) in [6.07, 6.45) is 1.74. The van der Waals surface area contributed by atoms with Crippen molar-refractivity contribution in [2.75, 3.05) is 0 Å². The van der Waals surface area contributed by atoms with E-state index in [-0.39, 0.29) is 20.1 Å². The van der Waals surface area contributed by atoms with Crippen LogP contribution in [0.1, 0.15) is 17.0 Å². The minimum atomic E-state index is 0. The summed E-state index contributed by atoms with van der Waals surface area (Å²) in [4.78, 5) is 4.42. The molecule has 0 fully saturated rings. The van der Waals surface area contributed by atoms with Gasteiger partial charge in [0.05, 0.1) is 11.4 Å². The number of hydrogen-bond donors (Lipinski definition) is 0. The predicted molar refractivity (Wildman–Crippen MR) is 113 cm³/mol. The first kappa shape index (κ1) is 20.2. The van der Waals surface area contributed by atoms with Gasteiger partial charge in [0.2, 0.25) is 0 Å². The number of nitrogens with zero attached hydrogens (tertiary/aromatic N) is 4. The minimum Gasteiger partial charge on any atom is -0.488 e. The molecule has 151 valence electrons. The molecule has 0 N–H and O–H groups in total. The van der Waals surface area contributed by atoms with E-state index in [1.54, 1.807) is 6.33 Å². The van der Waals surface area contributed by atoms with Crippen molar-refractivity contribution in [3.05, 3.63) is 84.0 Å². The molecule has 6 heteroatoms. The van der Waals surface area contributed by atoms with Crippen LogP contribution in [0.15, 0.2) is 65.3 Å². The molecule has 0 unspecified atom stereocenters. The molecule has 0 amide bonds. The van der Waals surface area contributed by atoms with Gasteiger partial charge in [0.25, 0.3) is 0 Å². The molecule has 5 nitrogen and oxygen atoms in total. The van der Waals surface area contributed by atoms with Crippen molar-refractivity contribution in [3.63, 3.8) is 0 Å². The van der Waals surface area contributed by atoms with Gasteiger partial charge in [-0.25, -0.2) is 4.98 Å². The number of rotatable bonds is 3. The molecule has 5 rings (SSSR count). The number of fused-ring (bicyclic) bond motifs is 1. The van der Waals surface area contributed by atoms with Crippen molar-refractivity contribution in [1.82, 2.24) is 19.7 Å². The van der Waals surface area contributed by atoms with Gasteiger partial charge in [0.15, 0.2) is 5.89 Å². The second kappa shape index (κ2) is 7.98. The monoisotopic (exact) mass is 572 g/mol. The SMILES string of the molecule is Cc1nc2cc[c-]c(-c3nncn3-c3c(C)cc(-c4ccccc4)cc3C)c2o1.[Ir]. The fraction of sp³-hybridized carbons (Fsp3) is 0.125. The molecule has 0 bridgehead atoms. The van der Waals surface area contributed by atoms with E-state index < -0.39 is 0 Å². The van der Waals surface area contributed by atoms with Crippen LogP contribution >= 0.6 is 0 Å². The molecule has 0 saturated heterocycles. The largest absolute Gasteiger partial charge is 0.488 e. The standard InChI is InChI=1S/C24H19N4O.Ir/c1-15-12-19(18-8-5-4-6-9-18)13-16(2)22(15)28-14-25-27-24(28)20-10-7-11-21-23(20)29-17(3)26-21;/h4-9,11-14H,1-3H3;/q-1;. The van der Waals surface area contributed by atoms with Crippen LogP contribution in [0.3, 0.4) is 0 Å². The molecule has 30 heavy (non-hydrogen) atoms. The number of oxazole rings is 1. The molecular weight excluding hydrogens is 553 g/mol. The summed E-state index contributed by atoms with van der Waals surface area (Å²) in [5.74, 6) is 1.30. The average Bonchev–Trinajstić information content (AvgIpc) is 3.33. The van der Waals surface area contributed by atoms with E-state index in [2.05, 4.69) is 71.5 Å². The van der Waals surface area contributed by atoms with Crippen LogP contribution in [0.2, 0.25) is 0 Å². The van der Waals surface area contributed by atoms with Crippen molar-refractivity contribution in [2.45, 2.75) is 20.8 Å². The first-order valence-corrected chi connectivity index (χ1v) is 9.47. The normalized spacial score (nSPS) is 10.9. The molecule has 5 aromatic rings. The smallest absolute Gasteiger partial charge is 0.180 e. The first-order valence-electron chi connectivity index (χ1n) is 9.47. The molecule has 0 spiro atoms. The minimum absolute atomic E-state index is 0. The van der Waals surface area contributed by atoms with E-state index in [9.17, 15) is 0 Å². The molecular formula is C24H19IrN4O-. The van der Waals surface area contributed by atoms with E-state index in [1.807, 2.05) is 29.7 Å². The summed E-state index contributed by atoms with van der Waals surface area (Å²) in [6, 6.07) is 21.8. The molecule has 2 aromatic heterocycles.